The van der Waals surface area contributed by atoms with Crippen molar-refractivity contribution in [3.63, 3.8) is 0 Å². The van der Waals surface area contributed by atoms with E-state index >= 15 is 0 Å². The van der Waals surface area contributed by atoms with E-state index in [-0.39, 0.29) is 0 Å². The van der Waals surface area contributed by atoms with Crippen LogP contribution in [0.1, 0.15) is 37.7 Å². The van der Waals surface area contributed by atoms with Crippen molar-refractivity contribution in [2.75, 3.05) is 26.2 Å². The van der Waals surface area contributed by atoms with Crippen LogP contribution < -0.4 is 0 Å². The van der Waals surface area contributed by atoms with Crippen LogP contribution in [-0.2, 0) is 6.54 Å². The molecule has 0 amide bonds. The lowest BCUT2D eigenvalue weighted by Crippen LogP contribution is -2.54. The molecule has 1 aromatic rings. The van der Waals surface area contributed by atoms with E-state index in [0.717, 1.165) is 24.4 Å². The molecule has 2 aliphatic heterocycles. The minimum absolute atomic E-state index is 0.918. The smallest absolute Gasteiger partial charge is 0.0233 e. The van der Waals surface area contributed by atoms with Crippen molar-refractivity contribution in [1.82, 2.24) is 9.80 Å². The van der Waals surface area contributed by atoms with Crippen LogP contribution in [0.2, 0.25) is 0 Å². The second-order valence-electron chi connectivity index (χ2n) is 7.54. The second-order valence-corrected chi connectivity index (χ2v) is 7.54. The van der Waals surface area contributed by atoms with Gasteiger partial charge in [-0.25, -0.2) is 0 Å². The molecule has 0 aromatic heterocycles. The first kappa shape index (κ1) is 13.8. The molecule has 2 saturated heterocycles. The van der Waals surface area contributed by atoms with Crippen LogP contribution in [0.25, 0.3) is 0 Å². The number of fused-ring (bicyclic) bond motifs is 2. The molecular formula is C19H28N2. The highest BCUT2D eigenvalue weighted by molar-refractivity contribution is 5.14. The molecule has 3 fully saturated rings. The second kappa shape index (κ2) is 6.10. The predicted molar refractivity (Wildman–Crippen MR) is 87.1 cm³/mol. The van der Waals surface area contributed by atoms with Crippen molar-refractivity contribution in [1.29, 1.82) is 0 Å². The van der Waals surface area contributed by atoms with E-state index in [1.807, 2.05) is 0 Å². The third-order valence-corrected chi connectivity index (χ3v) is 5.77. The maximum absolute atomic E-state index is 2.85. The topological polar surface area (TPSA) is 6.48 Å². The zero-order chi connectivity index (χ0) is 14.1. The number of benzene rings is 1. The van der Waals surface area contributed by atoms with Gasteiger partial charge in [-0.15, -0.1) is 0 Å². The lowest BCUT2D eigenvalue weighted by Gasteiger charge is -2.47. The van der Waals surface area contributed by atoms with E-state index in [0.29, 0.717) is 0 Å². The van der Waals surface area contributed by atoms with Gasteiger partial charge < -0.3 is 0 Å². The number of piperidine rings is 2. The summed E-state index contributed by atoms with van der Waals surface area (Å²) in [5.41, 5.74) is 1.48. The minimum atomic E-state index is 0.918. The summed E-state index contributed by atoms with van der Waals surface area (Å²) >= 11 is 0. The summed E-state index contributed by atoms with van der Waals surface area (Å²) in [6.07, 6.45) is 7.35. The van der Waals surface area contributed by atoms with E-state index in [2.05, 4.69) is 40.1 Å². The van der Waals surface area contributed by atoms with Crippen LogP contribution in [0.3, 0.4) is 0 Å². The maximum atomic E-state index is 2.85. The summed E-state index contributed by atoms with van der Waals surface area (Å²) in [5, 5.41) is 0. The van der Waals surface area contributed by atoms with Gasteiger partial charge in [-0.3, -0.25) is 9.80 Å². The fourth-order valence-electron chi connectivity index (χ4n) is 4.97. The Balaban J connectivity index is 1.37. The Morgan fingerprint density at radius 3 is 2.19 bits per heavy atom. The van der Waals surface area contributed by atoms with E-state index in [1.165, 1.54) is 63.8 Å². The van der Waals surface area contributed by atoms with Crippen molar-refractivity contribution in [3.05, 3.63) is 35.9 Å². The van der Waals surface area contributed by atoms with Crippen LogP contribution in [0.4, 0.5) is 0 Å². The van der Waals surface area contributed by atoms with Crippen LogP contribution in [0.5, 0.6) is 0 Å². The standard InChI is InChI=1S/C19H28N2/c1-2-6-16(7-3-1)11-20-12-17-10-18(13-20)15-21(14-17)19-8-4-5-9-19/h1-3,6-7,17-19H,4-5,8-15H2. The quantitative estimate of drug-likeness (QED) is 0.839. The summed E-state index contributed by atoms with van der Waals surface area (Å²) in [6, 6.07) is 11.9. The molecule has 2 atom stereocenters. The van der Waals surface area contributed by atoms with E-state index in [4.69, 9.17) is 0 Å². The number of likely N-dealkylation sites (tertiary alicyclic amines) is 2. The summed E-state index contributed by atoms with van der Waals surface area (Å²) in [4.78, 5) is 5.56. The van der Waals surface area contributed by atoms with E-state index in [9.17, 15) is 0 Å². The first-order valence-electron chi connectivity index (χ1n) is 8.87. The van der Waals surface area contributed by atoms with Gasteiger partial charge in [0.25, 0.3) is 0 Å². The van der Waals surface area contributed by atoms with Gasteiger partial charge in [0.05, 0.1) is 0 Å². The van der Waals surface area contributed by atoms with Gasteiger partial charge in [0.1, 0.15) is 0 Å². The largest absolute Gasteiger partial charge is 0.300 e. The Bertz CT molecular complexity index is 438. The summed E-state index contributed by atoms with van der Waals surface area (Å²) in [5.74, 6) is 1.84. The summed E-state index contributed by atoms with van der Waals surface area (Å²) < 4.78 is 0. The molecule has 3 aliphatic rings. The Hall–Kier alpha value is -0.860. The molecule has 2 nitrogen and oxygen atoms in total. The van der Waals surface area contributed by atoms with Gasteiger partial charge in [-0.2, -0.15) is 0 Å². The summed E-state index contributed by atoms with van der Waals surface area (Å²) in [6.45, 7) is 6.51. The third-order valence-electron chi connectivity index (χ3n) is 5.77. The predicted octanol–water partition coefficient (Wildman–Crippen LogP) is 3.38. The first-order chi connectivity index (χ1) is 10.4. The van der Waals surface area contributed by atoms with Gasteiger partial charge in [-0.1, -0.05) is 43.2 Å². The summed E-state index contributed by atoms with van der Waals surface area (Å²) in [7, 11) is 0. The van der Waals surface area contributed by atoms with Crippen LogP contribution in [0.15, 0.2) is 30.3 Å². The number of hydrogen-bond acceptors (Lipinski definition) is 2. The molecule has 2 unspecified atom stereocenters. The highest BCUT2D eigenvalue weighted by Crippen LogP contribution is 2.33. The monoisotopic (exact) mass is 284 g/mol. The van der Waals surface area contributed by atoms with E-state index < -0.39 is 0 Å². The Kier molecular flexibility index (Phi) is 4.00. The molecular weight excluding hydrogens is 256 g/mol. The zero-order valence-corrected chi connectivity index (χ0v) is 13.1. The molecule has 21 heavy (non-hydrogen) atoms. The fraction of sp³-hybridized carbons (Fsp3) is 0.684. The van der Waals surface area contributed by atoms with Crippen LogP contribution in [-0.4, -0.2) is 42.0 Å². The van der Waals surface area contributed by atoms with Crippen molar-refractivity contribution in [2.24, 2.45) is 11.8 Å². The Labute approximate surface area is 129 Å². The molecule has 1 aliphatic carbocycles. The lowest BCUT2D eigenvalue weighted by atomic mass is 9.83. The molecule has 0 radical (unpaired) electrons. The first-order valence-corrected chi connectivity index (χ1v) is 8.87. The number of nitrogens with zero attached hydrogens (tertiary/aromatic N) is 2. The Morgan fingerprint density at radius 2 is 1.52 bits per heavy atom. The Morgan fingerprint density at radius 1 is 0.857 bits per heavy atom. The molecule has 2 bridgehead atoms. The van der Waals surface area contributed by atoms with Crippen molar-refractivity contribution in [3.8, 4) is 0 Å². The van der Waals surface area contributed by atoms with Gasteiger partial charge >= 0.3 is 0 Å². The molecule has 2 heteroatoms. The number of hydrogen-bond donors (Lipinski definition) is 0. The molecule has 1 saturated carbocycles. The highest BCUT2D eigenvalue weighted by Gasteiger charge is 2.36. The minimum Gasteiger partial charge on any atom is -0.300 e. The molecule has 0 N–H and O–H groups in total. The maximum Gasteiger partial charge on any atom is 0.0233 e. The highest BCUT2D eigenvalue weighted by atomic mass is 15.2. The average molecular weight is 284 g/mol. The fourth-order valence-corrected chi connectivity index (χ4v) is 4.97. The zero-order valence-electron chi connectivity index (χ0n) is 13.1. The van der Waals surface area contributed by atoms with Crippen molar-refractivity contribution in [2.45, 2.75) is 44.7 Å². The van der Waals surface area contributed by atoms with Gasteiger partial charge in [0.15, 0.2) is 0 Å². The van der Waals surface area contributed by atoms with Gasteiger partial charge in [0.2, 0.25) is 0 Å². The third kappa shape index (κ3) is 3.17. The molecule has 0 spiro atoms. The molecule has 114 valence electrons. The van der Waals surface area contributed by atoms with Gasteiger partial charge in [-0.05, 0) is 36.7 Å². The average Bonchev–Trinajstić information content (AvgIpc) is 3.01. The SMILES string of the molecule is c1ccc(CN2CC3CC(C2)CN(C2CCCC2)C3)cc1. The van der Waals surface area contributed by atoms with E-state index in [1.54, 1.807) is 0 Å². The molecule has 1 aromatic carbocycles. The normalized spacial score (nSPS) is 31.6. The van der Waals surface area contributed by atoms with Crippen molar-refractivity contribution >= 4 is 0 Å². The van der Waals surface area contributed by atoms with Crippen molar-refractivity contribution < 1.29 is 0 Å². The molecule has 2 heterocycles. The van der Waals surface area contributed by atoms with Gasteiger partial charge in [0, 0.05) is 38.8 Å². The van der Waals surface area contributed by atoms with Crippen LogP contribution >= 0.6 is 0 Å². The lowest BCUT2D eigenvalue weighted by molar-refractivity contribution is 0.00900. The number of rotatable bonds is 3. The molecule has 4 rings (SSSR count). The van der Waals surface area contributed by atoms with Crippen LogP contribution in [0, 0.1) is 11.8 Å².